The summed E-state index contributed by atoms with van der Waals surface area (Å²) in [5.41, 5.74) is 1.26. The lowest BCUT2D eigenvalue weighted by Gasteiger charge is -2.22. The molecule has 1 N–H and O–H groups in total. The first-order chi connectivity index (χ1) is 10.0. The fraction of sp³-hybridized carbons (Fsp3) is 0.333. The maximum absolute atomic E-state index is 12.2. The first-order valence-corrected chi connectivity index (χ1v) is 6.50. The zero-order valence-corrected chi connectivity index (χ0v) is 12.0. The largest absolute Gasteiger partial charge is 0.497 e. The van der Waals surface area contributed by atoms with Gasteiger partial charge in [-0.3, -0.25) is 9.59 Å². The summed E-state index contributed by atoms with van der Waals surface area (Å²) in [6, 6.07) is 5.37. The van der Waals surface area contributed by atoms with Crippen LogP contribution in [0.25, 0.3) is 6.08 Å². The van der Waals surface area contributed by atoms with Crippen molar-refractivity contribution >= 4 is 18.0 Å². The second kappa shape index (κ2) is 6.30. The van der Waals surface area contributed by atoms with Gasteiger partial charge < -0.3 is 19.5 Å². The number of carbonyl (C=O) groups is 2. The van der Waals surface area contributed by atoms with Gasteiger partial charge in [-0.05, 0) is 24.3 Å². The molecule has 2 rings (SSSR count). The summed E-state index contributed by atoms with van der Waals surface area (Å²) in [6.07, 6.45) is 1.67. The molecule has 0 saturated heterocycles. The Labute approximate surface area is 122 Å². The monoisotopic (exact) mass is 291 g/mol. The Morgan fingerprint density at radius 2 is 2.19 bits per heavy atom. The minimum Gasteiger partial charge on any atom is -0.497 e. The number of amides is 1. The maximum atomic E-state index is 12.2. The fourth-order valence-corrected chi connectivity index (χ4v) is 2.02. The SMILES string of the molecule is COc1ccc2c(c1)C=C(C(=O)N(C)CCC(=O)O)CO2. The summed E-state index contributed by atoms with van der Waals surface area (Å²) < 4.78 is 10.7. The normalized spacial score (nSPS) is 12.8. The van der Waals surface area contributed by atoms with Gasteiger partial charge in [-0.1, -0.05) is 0 Å². The van der Waals surface area contributed by atoms with E-state index in [0.29, 0.717) is 17.1 Å². The van der Waals surface area contributed by atoms with E-state index in [1.807, 2.05) is 0 Å². The van der Waals surface area contributed by atoms with Gasteiger partial charge in [-0.2, -0.15) is 0 Å². The molecule has 0 fully saturated rings. The van der Waals surface area contributed by atoms with Crippen LogP contribution in [0.5, 0.6) is 11.5 Å². The quantitative estimate of drug-likeness (QED) is 0.887. The minimum absolute atomic E-state index is 0.0826. The maximum Gasteiger partial charge on any atom is 0.305 e. The van der Waals surface area contributed by atoms with E-state index in [1.54, 1.807) is 38.4 Å². The molecule has 0 spiro atoms. The number of hydrogen-bond donors (Lipinski definition) is 1. The van der Waals surface area contributed by atoms with Crippen molar-refractivity contribution in [1.82, 2.24) is 4.90 Å². The molecular weight excluding hydrogens is 274 g/mol. The van der Waals surface area contributed by atoms with E-state index < -0.39 is 5.97 Å². The Kier molecular flexibility index (Phi) is 4.47. The molecule has 0 unspecified atom stereocenters. The molecule has 1 aromatic carbocycles. The van der Waals surface area contributed by atoms with Crippen molar-refractivity contribution in [3.63, 3.8) is 0 Å². The summed E-state index contributed by atoms with van der Waals surface area (Å²) in [5.74, 6) is 0.213. The molecule has 1 aromatic rings. The second-order valence-corrected chi connectivity index (χ2v) is 4.73. The van der Waals surface area contributed by atoms with Crippen LogP contribution in [0.15, 0.2) is 23.8 Å². The highest BCUT2D eigenvalue weighted by Gasteiger charge is 2.20. The van der Waals surface area contributed by atoms with E-state index >= 15 is 0 Å². The van der Waals surface area contributed by atoms with Crippen LogP contribution in [0.2, 0.25) is 0 Å². The Balaban J connectivity index is 2.15. The van der Waals surface area contributed by atoms with Crippen LogP contribution in [0.1, 0.15) is 12.0 Å². The van der Waals surface area contributed by atoms with E-state index in [2.05, 4.69) is 0 Å². The van der Waals surface area contributed by atoms with E-state index in [-0.39, 0.29) is 25.5 Å². The molecule has 1 aliphatic heterocycles. The summed E-state index contributed by atoms with van der Waals surface area (Å²) in [4.78, 5) is 24.2. The highest BCUT2D eigenvalue weighted by molar-refractivity contribution is 5.99. The number of carbonyl (C=O) groups excluding carboxylic acids is 1. The summed E-state index contributed by atoms with van der Waals surface area (Å²) in [5, 5.41) is 8.65. The van der Waals surface area contributed by atoms with Gasteiger partial charge in [0.1, 0.15) is 18.1 Å². The van der Waals surface area contributed by atoms with Crippen LogP contribution >= 0.6 is 0 Å². The molecule has 1 heterocycles. The third kappa shape index (κ3) is 3.53. The standard InChI is InChI=1S/C15H17NO5/c1-16(6-5-14(17)18)15(19)11-7-10-8-12(20-2)3-4-13(10)21-9-11/h3-4,7-8H,5-6,9H2,1-2H3,(H,17,18). The predicted octanol–water partition coefficient (Wildman–Crippen LogP) is 1.40. The number of carboxylic acids is 1. The third-order valence-electron chi connectivity index (χ3n) is 3.21. The number of rotatable bonds is 5. The lowest BCUT2D eigenvalue weighted by Crippen LogP contribution is -2.32. The molecule has 0 aliphatic carbocycles. The van der Waals surface area contributed by atoms with Crippen molar-refractivity contribution < 1.29 is 24.2 Å². The summed E-state index contributed by atoms with van der Waals surface area (Å²) in [7, 11) is 3.15. The van der Waals surface area contributed by atoms with Crippen molar-refractivity contribution in [1.29, 1.82) is 0 Å². The summed E-state index contributed by atoms with van der Waals surface area (Å²) in [6.45, 7) is 0.339. The summed E-state index contributed by atoms with van der Waals surface area (Å²) >= 11 is 0. The lowest BCUT2D eigenvalue weighted by molar-refractivity contribution is -0.137. The molecule has 21 heavy (non-hydrogen) atoms. The number of ether oxygens (including phenoxy) is 2. The van der Waals surface area contributed by atoms with Gasteiger partial charge in [0, 0.05) is 19.2 Å². The molecule has 0 aromatic heterocycles. The molecule has 1 amide bonds. The van der Waals surface area contributed by atoms with Gasteiger partial charge in [-0.15, -0.1) is 0 Å². The van der Waals surface area contributed by atoms with Crippen LogP contribution in [0, 0.1) is 0 Å². The van der Waals surface area contributed by atoms with Crippen molar-refractivity contribution in [2.45, 2.75) is 6.42 Å². The molecular formula is C15H17NO5. The minimum atomic E-state index is -0.932. The zero-order valence-electron chi connectivity index (χ0n) is 12.0. The van der Waals surface area contributed by atoms with Crippen molar-refractivity contribution in [3.8, 4) is 11.5 Å². The lowest BCUT2D eigenvalue weighted by atomic mass is 10.1. The van der Waals surface area contributed by atoms with Crippen LogP contribution in [0.4, 0.5) is 0 Å². The van der Waals surface area contributed by atoms with Gasteiger partial charge in [0.05, 0.1) is 19.1 Å². The smallest absolute Gasteiger partial charge is 0.305 e. The third-order valence-corrected chi connectivity index (χ3v) is 3.21. The van der Waals surface area contributed by atoms with Gasteiger partial charge >= 0.3 is 5.97 Å². The number of aliphatic carboxylic acids is 1. The van der Waals surface area contributed by atoms with Gasteiger partial charge in [-0.25, -0.2) is 0 Å². The first kappa shape index (κ1) is 14.9. The molecule has 0 bridgehead atoms. The highest BCUT2D eigenvalue weighted by Crippen LogP contribution is 2.30. The Hall–Kier alpha value is -2.50. The number of fused-ring (bicyclic) bond motifs is 1. The van der Waals surface area contributed by atoms with Gasteiger partial charge in [0.2, 0.25) is 0 Å². The van der Waals surface area contributed by atoms with E-state index in [9.17, 15) is 9.59 Å². The average molecular weight is 291 g/mol. The van der Waals surface area contributed by atoms with Gasteiger partial charge in [0.15, 0.2) is 0 Å². The van der Waals surface area contributed by atoms with Crippen LogP contribution in [-0.2, 0) is 9.59 Å². The van der Waals surface area contributed by atoms with Crippen molar-refractivity contribution in [2.75, 3.05) is 27.3 Å². The van der Waals surface area contributed by atoms with Crippen molar-refractivity contribution in [3.05, 3.63) is 29.3 Å². The zero-order chi connectivity index (χ0) is 15.4. The van der Waals surface area contributed by atoms with Crippen LogP contribution in [-0.4, -0.2) is 49.2 Å². The highest BCUT2D eigenvalue weighted by atomic mass is 16.5. The predicted molar refractivity (Wildman–Crippen MR) is 76.4 cm³/mol. The van der Waals surface area contributed by atoms with E-state index in [1.165, 1.54) is 4.90 Å². The number of benzene rings is 1. The number of hydrogen-bond acceptors (Lipinski definition) is 4. The Morgan fingerprint density at radius 3 is 2.86 bits per heavy atom. The topological polar surface area (TPSA) is 76.1 Å². The number of likely N-dealkylation sites (N-methyl/N-ethyl adjacent to an activating group) is 1. The molecule has 0 atom stereocenters. The second-order valence-electron chi connectivity index (χ2n) is 4.73. The first-order valence-electron chi connectivity index (χ1n) is 6.50. The molecule has 6 nitrogen and oxygen atoms in total. The molecule has 112 valence electrons. The number of methoxy groups -OCH3 is 1. The van der Waals surface area contributed by atoms with Crippen molar-refractivity contribution in [2.24, 2.45) is 0 Å². The Morgan fingerprint density at radius 1 is 1.43 bits per heavy atom. The molecule has 0 radical (unpaired) electrons. The Bertz CT molecular complexity index is 594. The fourth-order valence-electron chi connectivity index (χ4n) is 2.02. The molecule has 1 aliphatic rings. The number of nitrogens with zero attached hydrogens (tertiary/aromatic N) is 1. The van der Waals surface area contributed by atoms with E-state index in [0.717, 1.165) is 5.56 Å². The average Bonchev–Trinajstić information content (AvgIpc) is 2.50. The van der Waals surface area contributed by atoms with Gasteiger partial charge in [0.25, 0.3) is 5.91 Å². The van der Waals surface area contributed by atoms with E-state index in [4.69, 9.17) is 14.6 Å². The molecule has 0 saturated carbocycles. The number of carboxylic acid groups (broad SMARTS) is 1. The molecule has 6 heteroatoms. The van der Waals surface area contributed by atoms with Crippen LogP contribution in [0.3, 0.4) is 0 Å². The van der Waals surface area contributed by atoms with Crippen LogP contribution < -0.4 is 9.47 Å².